The van der Waals surface area contributed by atoms with Crippen molar-refractivity contribution >= 4 is 5.78 Å². The van der Waals surface area contributed by atoms with Crippen LogP contribution in [0.1, 0.15) is 12.2 Å². The van der Waals surface area contributed by atoms with Gasteiger partial charge in [0.1, 0.15) is 5.82 Å². The first kappa shape index (κ1) is 8.71. The Morgan fingerprint density at radius 1 is 1.83 bits per heavy atom. The molecule has 1 aromatic rings. The van der Waals surface area contributed by atoms with Crippen LogP contribution in [0.3, 0.4) is 0 Å². The third-order valence-electron chi connectivity index (χ3n) is 1.74. The van der Waals surface area contributed by atoms with Gasteiger partial charge in [0, 0.05) is 32.3 Å². The first-order valence-electron chi connectivity index (χ1n) is 3.85. The second kappa shape index (κ2) is 3.85. The molecule has 1 heterocycles. The van der Waals surface area contributed by atoms with Gasteiger partial charge in [-0.25, -0.2) is 4.98 Å². The quantitative estimate of drug-likeness (QED) is 0.625. The van der Waals surface area contributed by atoms with Crippen LogP contribution in [0.25, 0.3) is 0 Å². The van der Waals surface area contributed by atoms with E-state index < -0.39 is 0 Å². The minimum Gasteiger partial charge on any atom is -0.338 e. The van der Waals surface area contributed by atoms with E-state index in [9.17, 15) is 4.79 Å². The van der Waals surface area contributed by atoms with Gasteiger partial charge in [-0.15, -0.1) is 0 Å². The molecular weight excluding hydrogens is 152 g/mol. The van der Waals surface area contributed by atoms with Gasteiger partial charge in [-0.3, -0.25) is 4.79 Å². The molecule has 1 rings (SSSR count). The number of carbonyl (C=O) groups excluding carboxylic acids is 1. The van der Waals surface area contributed by atoms with Crippen LogP contribution in [-0.4, -0.2) is 15.3 Å². The fourth-order valence-corrected chi connectivity index (χ4v) is 0.974. The second-order valence-corrected chi connectivity index (χ2v) is 2.62. The summed E-state index contributed by atoms with van der Waals surface area (Å²) in [5, 5.41) is 0. The molecule has 0 aromatic carbocycles. The molecule has 0 aliphatic heterocycles. The number of imidazole rings is 1. The molecule has 3 nitrogen and oxygen atoms in total. The highest BCUT2D eigenvalue weighted by atomic mass is 16.1. The van der Waals surface area contributed by atoms with Crippen LogP contribution in [0.15, 0.2) is 25.0 Å². The predicted octanol–water partition coefficient (Wildman–Crippen LogP) is 1.11. The van der Waals surface area contributed by atoms with Crippen LogP contribution in [-0.2, 0) is 18.3 Å². The number of hydrogen-bond acceptors (Lipinski definition) is 2. The lowest BCUT2D eigenvalue weighted by Crippen LogP contribution is -2.01. The van der Waals surface area contributed by atoms with Gasteiger partial charge in [0.25, 0.3) is 0 Å². The van der Waals surface area contributed by atoms with Crippen molar-refractivity contribution in [3.8, 4) is 0 Å². The highest BCUT2D eigenvalue weighted by molar-refractivity contribution is 5.89. The molecular formula is C9H12N2O. The van der Waals surface area contributed by atoms with Crippen LogP contribution in [0.5, 0.6) is 0 Å². The molecule has 3 heteroatoms. The van der Waals surface area contributed by atoms with Gasteiger partial charge in [0.2, 0.25) is 0 Å². The Kier molecular flexibility index (Phi) is 2.80. The maximum absolute atomic E-state index is 10.9. The van der Waals surface area contributed by atoms with Crippen molar-refractivity contribution in [1.82, 2.24) is 9.55 Å². The SMILES string of the molecule is C=CC(=O)CCc1nccn1C. The molecule has 0 aliphatic carbocycles. The van der Waals surface area contributed by atoms with Crippen LogP contribution in [0.4, 0.5) is 0 Å². The molecule has 0 saturated heterocycles. The maximum atomic E-state index is 10.9. The van der Waals surface area contributed by atoms with Crippen molar-refractivity contribution in [3.05, 3.63) is 30.9 Å². The maximum Gasteiger partial charge on any atom is 0.155 e. The standard InChI is InChI=1S/C9H12N2O/c1-3-8(12)4-5-9-10-6-7-11(9)2/h3,6-7H,1,4-5H2,2H3. The fraction of sp³-hybridized carbons (Fsp3) is 0.333. The summed E-state index contributed by atoms with van der Waals surface area (Å²) < 4.78 is 1.91. The monoisotopic (exact) mass is 164 g/mol. The van der Waals surface area contributed by atoms with E-state index in [1.54, 1.807) is 6.20 Å². The molecule has 0 fully saturated rings. The van der Waals surface area contributed by atoms with Gasteiger partial charge in [-0.1, -0.05) is 6.58 Å². The molecule has 0 spiro atoms. The van der Waals surface area contributed by atoms with Crippen LogP contribution in [0.2, 0.25) is 0 Å². The van der Waals surface area contributed by atoms with Crippen molar-refractivity contribution in [1.29, 1.82) is 0 Å². The minimum atomic E-state index is 0.0676. The van der Waals surface area contributed by atoms with E-state index >= 15 is 0 Å². The number of allylic oxidation sites excluding steroid dienone is 1. The molecule has 0 atom stereocenters. The number of nitrogens with zero attached hydrogens (tertiary/aromatic N) is 2. The number of carbonyl (C=O) groups is 1. The van der Waals surface area contributed by atoms with Crippen molar-refractivity contribution in [2.45, 2.75) is 12.8 Å². The van der Waals surface area contributed by atoms with Crippen molar-refractivity contribution in [3.63, 3.8) is 0 Å². The largest absolute Gasteiger partial charge is 0.338 e. The number of hydrogen-bond donors (Lipinski definition) is 0. The van der Waals surface area contributed by atoms with E-state index in [-0.39, 0.29) is 5.78 Å². The summed E-state index contributed by atoms with van der Waals surface area (Å²) in [5.74, 6) is 1.00. The second-order valence-electron chi connectivity index (χ2n) is 2.62. The highest BCUT2D eigenvalue weighted by Gasteiger charge is 2.01. The first-order valence-corrected chi connectivity index (χ1v) is 3.85. The van der Waals surface area contributed by atoms with E-state index in [1.165, 1.54) is 6.08 Å². The molecule has 0 radical (unpaired) electrons. The summed E-state index contributed by atoms with van der Waals surface area (Å²) in [4.78, 5) is 15.0. The van der Waals surface area contributed by atoms with Crippen LogP contribution in [0, 0.1) is 0 Å². The van der Waals surface area contributed by atoms with Crippen molar-refractivity contribution in [2.75, 3.05) is 0 Å². The Labute approximate surface area is 71.7 Å². The van der Waals surface area contributed by atoms with Gasteiger partial charge >= 0.3 is 0 Å². The zero-order chi connectivity index (χ0) is 8.97. The summed E-state index contributed by atoms with van der Waals surface area (Å²) >= 11 is 0. The van der Waals surface area contributed by atoms with E-state index in [0.717, 1.165) is 5.82 Å². The van der Waals surface area contributed by atoms with Gasteiger partial charge in [-0.05, 0) is 6.08 Å². The zero-order valence-corrected chi connectivity index (χ0v) is 7.16. The molecule has 0 aliphatic rings. The normalized spacial score (nSPS) is 9.75. The lowest BCUT2D eigenvalue weighted by molar-refractivity contribution is -0.114. The molecule has 0 saturated carbocycles. The molecule has 0 bridgehead atoms. The average Bonchev–Trinajstić information content (AvgIpc) is 2.47. The highest BCUT2D eigenvalue weighted by Crippen LogP contribution is 1.99. The first-order chi connectivity index (χ1) is 5.74. The molecule has 1 aromatic heterocycles. The van der Waals surface area contributed by atoms with Crippen molar-refractivity contribution in [2.24, 2.45) is 7.05 Å². The summed E-state index contributed by atoms with van der Waals surface area (Å²) in [6.45, 7) is 3.41. The minimum absolute atomic E-state index is 0.0676. The zero-order valence-electron chi connectivity index (χ0n) is 7.16. The van der Waals surface area contributed by atoms with Gasteiger partial charge in [0.15, 0.2) is 5.78 Å². The molecule has 0 amide bonds. The van der Waals surface area contributed by atoms with E-state index in [0.29, 0.717) is 12.8 Å². The van der Waals surface area contributed by atoms with Crippen molar-refractivity contribution < 1.29 is 4.79 Å². The van der Waals surface area contributed by atoms with Gasteiger partial charge in [-0.2, -0.15) is 0 Å². The lowest BCUT2D eigenvalue weighted by Gasteiger charge is -1.98. The van der Waals surface area contributed by atoms with E-state index in [2.05, 4.69) is 11.6 Å². The summed E-state index contributed by atoms with van der Waals surface area (Å²) in [6.07, 6.45) is 6.13. The summed E-state index contributed by atoms with van der Waals surface area (Å²) in [5.41, 5.74) is 0. The Morgan fingerprint density at radius 2 is 2.58 bits per heavy atom. The summed E-state index contributed by atoms with van der Waals surface area (Å²) in [7, 11) is 1.92. The molecule has 0 unspecified atom stereocenters. The van der Waals surface area contributed by atoms with Gasteiger partial charge < -0.3 is 4.57 Å². The predicted molar refractivity (Wildman–Crippen MR) is 46.7 cm³/mol. The third-order valence-corrected chi connectivity index (χ3v) is 1.74. The Bertz CT molecular complexity index is 288. The smallest absolute Gasteiger partial charge is 0.155 e. The Balaban J connectivity index is 2.48. The van der Waals surface area contributed by atoms with Crippen LogP contribution < -0.4 is 0 Å². The average molecular weight is 164 g/mol. The fourth-order valence-electron chi connectivity index (χ4n) is 0.974. The van der Waals surface area contributed by atoms with Crippen LogP contribution >= 0.6 is 0 Å². The Hall–Kier alpha value is -1.38. The molecule has 0 N–H and O–H groups in total. The van der Waals surface area contributed by atoms with E-state index in [1.807, 2.05) is 17.8 Å². The number of aryl methyl sites for hydroxylation is 2. The topological polar surface area (TPSA) is 34.9 Å². The van der Waals surface area contributed by atoms with E-state index in [4.69, 9.17) is 0 Å². The number of aromatic nitrogens is 2. The van der Waals surface area contributed by atoms with Gasteiger partial charge in [0.05, 0.1) is 0 Å². The molecule has 12 heavy (non-hydrogen) atoms. The number of rotatable bonds is 4. The lowest BCUT2D eigenvalue weighted by atomic mass is 10.2. The third kappa shape index (κ3) is 2.05. The molecule has 64 valence electrons. The number of ketones is 1. The summed E-state index contributed by atoms with van der Waals surface area (Å²) in [6, 6.07) is 0. The Morgan fingerprint density at radius 3 is 3.08 bits per heavy atom.